The zero-order valence-electron chi connectivity index (χ0n) is 10.9. The fourth-order valence-electron chi connectivity index (χ4n) is 1.49. The number of rotatable bonds is 10. The summed E-state index contributed by atoms with van der Waals surface area (Å²) in [6, 6.07) is 0. The predicted octanol–water partition coefficient (Wildman–Crippen LogP) is 4.25. The molecule has 0 aromatic carbocycles. The van der Waals surface area contributed by atoms with Gasteiger partial charge >= 0.3 is 5.97 Å². The maximum atomic E-state index is 11.4. The smallest absolute Gasteiger partial charge is 0.333 e. The molecule has 0 bridgehead atoms. The van der Waals surface area contributed by atoms with Crippen molar-refractivity contribution in [2.75, 3.05) is 6.61 Å². The monoisotopic (exact) mass is 226 g/mol. The van der Waals surface area contributed by atoms with Crippen LogP contribution in [-0.4, -0.2) is 12.6 Å². The lowest BCUT2D eigenvalue weighted by molar-refractivity contribution is -0.139. The average Bonchev–Trinajstić information content (AvgIpc) is 2.28. The molecule has 0 aliphatic rings. The van der Waals surface area contributed by atoms with E-state index in [2.05, 4.69) is 20.4 Å². The van der Waals surface area contributed by atoms with E-state index in [4.69, 9.17) is 4.74 Å². The van der Waals surface area contributed by atoms with Crippen LogP contribution in [0.25, 0.3) is 0 Å². The van der Waals surface area contributed by atoms with E-state index in [1.165, 1.54) is 19.3 Å². The minimum atomic E-state index is -0.201. The Hall–Kier alpha value is -0.790. The highest BCUT2D eigenvalue weighted by Gasteiger charge is 2.07. The first-order valence-electron chi connectivity index (χ1n) is 6.57. The number of hydrogen-bond donors (Lipinski definition) is 0. The molecule has 0 unspecified atom stereocenters. The van der Waals surface area contributed by atoms with E-state index < -0.39 is 0 Å². The largest absolute Gasteiger partial charge is 0.462 e. The van der Waals surface area contributed by atoms with Crippen LogP contribution >= 0.6 is 0 Å². The highest BCUT2D eigenvalue weighted by Crippen LogP contribution is 2.09. The molecule has 0 saturated heterocycles. The minimum absolute atomic E-state index is 0.201. The Kier molecular flexibility index (Phi) is 10.2. The van der Waals surface area contributed by atoms with E-state index in [1.807, 2.05) is 0 Å². The number of carbonyl (C=O) groups is 1. The Labute approximate surface area is 100 Å². The second kappa shape index (κ2) is 10.7. The van der Waals surface area contributed by atoms with E-state index in [0.29, 0.717) is 12.2 Å². The molecule has 0 spiro atoms. The van der Waals surface area contributed by atoms with Gasteiger partial charge in [-0.3, -0.25) is 0 Å². The van der Waals surface area contributed by atoms with Crippen LogP contribution in [0.5, 0.6) is 0 Å². The lowest BCUT2D eigenvalue weighted by Crippen LogP contribution is -2.08. The van der Waals surface area contributed by atoms with Crippen molar-refractivity contribution < 1.29 is 9.53 Å². The van der Waals surface area contributed by atoms with Gasteiger partial charge in [0.2, 0.25) is 0 Å². The zero-order chi connectivity index (χ0) is 12.2. The average molecular weight is 226 g/mol. The number of carbonyl (C=O) groups excluding carboxylic acids is 1. The second-order valence-corrected chi connectivity index (χ2v) is 4.26. The molecule has 0 fully saturated rings. The van der Waals surface area contributed by atoms with Gasteiger partial charge in [0.25, 0.3) is 0 Å². The van der Waals surface area contributed by atoms with E-state index in [0.717, 1.165) is 32.1 Å². The van der Waals surface area contributed by atoms with Crippen molar-refractivity contribution in [2.45, 2.75) is 65.2 Å². The first-order valence-corrected chi connectivity index (χ1v) is 6.57. The topological polar surface area (TPSA) is 26.3 Å². The van der Waals surface area contributed by atoms with Crippen LogP contribution in [-0.2, 0) is 9.53 Å². The summed E-state index contributed by atoms with van der Waals surface area (Å²) in [6.07, 6.45) is 8.69. The molecule has 0 amide bonds. The molecule has 2 heteroatoms. The Morgan fingerprint density at radius 1 is 1.00 bits per heavy atom. The third-order valence-corrected chi connectivity index (χ3v) is 2.60. The number of ether oxygens (including phenoxy) is 1. The quantitative estimate of drug-likeness (QED) is 0.316. The maximum absolute atomic E-state index is 11.4. The van der Waals surface area contributed by atoms with Crippen LogP contribution in [0.1, 0.15) is 65.2 Å². The van der Waals surface area contributed by atoms with Crippen molar-refractivity contribution in [1.29, 1.82) is 0 Å². The molecule has 2 nitrogen and oxygen atoms in total. The van der Waals surface area contributed by atoms with Crippen LogP contribution in [0, 0.1) is 0 Å². The van der Waals surface area contributed by atoms with Crippen LogP contribution in [0.15, 0.2) is 12.2 Å². The van der Waals surface area contributed by atoms with Crippen LogP contribution < -0.4 is 0 Å². The SMILES string of the molecule is C=C(CCCCC)C(=O)OCCCCCC. The summed E-state index contributed by atoms with van der Waals surface area (Å²) >= 11 is 0. The highest BCUT2D eigenvalue weighted by molar-refractivity contribution is 5.87. The Bertz CT molecular complexity index is 197. The third kappa shape index (κ3) is 8.51. The van der Waals surface area contributed by atoms with Crippen molar-refractivity contribution >= 4 is 5.97 Å². The molecule has 16 heavy (non-hydrogen) atoms. The molecule has 0 heterocycles. The summed E-state index contributed by atoms with van der Waals surface area (Å²) in [6.45, 7) is 8.63. The summed E-state index contributed by atoms with van der Waals surface area (Å²) in [5.74, 6) is -0.201. The molecule has 94 valence electrons. The van der Waals surface area contributed by atoms with E-state index >= 15 is 0 Å². The van der Waals surface area contributed by atoms with Crippen LogP contribution in [0.3, 0.4) is 0 Å². The van der Waals surface area contributed by atoms with E-state index in [-0.39, 0.29) is 5.97 Å². The molecule has 0 saturated carbocycles. The van der Waals surface area contributed by atoms with Gasteiger partial charge in [0.05, 0.1) is 6.61 Å². The number of unbranched alkanes of at least 4 members (excludes halogenated alkanes) is 5. The summed E-state index contributed by atoms with van der Waals surface area (Å²) in [5, 5.41) is 0. The Morgan fingerprint density at radius 3 is 2.25 bits per heavy atom. The normalized spacial score (nSPS) is 10.1. The molecule has 0 rings (SSSR count). The Morgan fingerprint density at radius 2 is 1.62 bits per heavy atom. The maximum Gasteiger partial charge on any atom is 0.333 e. The fourth-order valence-corrected chi connectivity index (χ4v) is 1.49. The number of esters is 1. The van der Waals surface area contributed by atoms with Gasteiger partial charge < -0.3 is 4.74 Å². The van der Waals surface area contributed by atoms with Crippen molar-refractivity contribution in [3.8, 4) is 0 Å². The molecule has 0 atom stereocenters. The van der Waals surface area contributed by atoms with Gasteiger partial charge in [0.1, 0.15) is 0 Å². The molecule has 0 N–H and O–H groups in total. The summed E-state index contributed by atoms with van der Waals surface area (Å²) in [5.41, 5.74) is 0.629. The lowest BCUT2D eigenvalue weighted by atomic mass is 10.1. The minimum Gasteiger partial charge on any atom is -0.462 e. The van der Waals surface area contributed by atoms with Gasteiger partial charge in [0.15, 0.2) is 0 Å². The molecule has 0 aromatic rings. The van der Waals surface area contributed by atoms with Crippen molar-refractivity contribution in [1.82, 2.24) is 0 Å². The third-order valence-electron chi connectivity index (χ3n) is 2.60. The first-order chi connectivity index (χ1) is 7.72. The van der Waals surface area contributed by atoms with Gasteiger partial charge in [0, 0.05) is 5.57 Å². The first kappa shape index (κ1) is 15.2. The van der Waals surface area contributed by atoms with Gasteiger partial charge in [-0.25, -0.2) is 4.79 Å². The van der Waals surface area contributed by atoms with Crippen molar-refractivity contribution in [3.63, 3.8) is 0 Å². The van der Waals surface area contributed by atoms with Gasteiger partial charge in [-0.15, -0.1) is 0 Å². The highest BCUT2D eigenvalue weighted by atomic mass is 16.5. The standard InChI is InChI=1S/C14H26O2/c1-4-6-8-10-12-16-14(15)13(3)11-9-7-5-2/h3-12H2,1-2H3. The van der Waals surface area contributed by atoms with Crippen LogP contribution in [0.2, 0.25) is 0 Å². The molecule has 0 aliphatic carbocycles. The molecular formula is C14H26O2. The molecular weight excluding hydrogens is 200 g/mol. The van der Waals surface area contributed by atoms with Crippen molar-refractivity contribution in [2.24, 2.45) is 0 Å². The summed E-state index contributed by atoms with van der Waals surface area (Å²) in [4.78, 5) is 11.4. The molecule has 0 aromatic heterocycles. The second-order valence-electron chi connectivity index (χ2n) is 4.26. The zero-order valence-corrected chi connectivity index (χ0v) is 10.9. The van der Waals surface area contributed by atoms with Gasteiger partial charge in [-0.05, 0) is 19.3 Å². The fraction of sp³-hybridized carbons (Fsp3) is 0.786. The lowest BCUT2D eigenvalue weighted by Gasteiger charge is -2.06. The molecule has 0 aliphatic heterocycles. The van der Waals surface area contributed by atoms with Crippen molar-refractivity contribution in [3.05, 3.63) is 12.2 Å². The van der Waals surface area contributed by atoms with Crippen LogP contribution in [0.4, 0.5) is 0 Å². The van der Waals surface area contributed by atoms with E-state index in [9.17, 15) is 4.79 Å². The van der Waals surface area contributed by atoms with Gasteiger partial charge in [-0.1, -0.05) is 52.5 Å². The molecule has 0 radical (unpaired) electrons. The summed E-state index contributed by atoms with van der Waals surface area (Å²) in [7, 11) is 0. The predicted molar refractivity (Wildman–Crippen MR) is 68.4 cm³/mol. The van der Waals surface area contributed by atoms with E-state index in [1.54, 1.807) is 0 Å². The van der Waals surface area contributed by atoms with Gasteiger partial charge in [-0.2, -0.15) is 0 Å². The Balaban J connectivity index is 3.44. The summed E-state index contributed by atoms with van der Waals surface area (Å²) < 4.78 is 5.14. The number of hydrogen-bond acceptors (Lipinski definition) is 2.